The number of terminal acetylenes is 1. The van der Waals surface area contributed by atoms with Gasteiger partial charge in [-0.2, -0.15) is 0 Å². The molecule has 0 bridgehead atoms. The van der Waals surface area contributed by atoms with Crippen LogP contribution in [0.2, 0.25) is 5.02 Å². The maximum Gasteiger partial charge on any atom is 0.181 e. The van der Waals surface area contributed by atoms with Crippen molar-refractivity contribution in [2.75, 3.05) is 13.7 Å². The molecule has 0 unspecified atom stereocenters. The fourth-order valence-electron chi connectivity index (χ4n) is 1.92. The Balaban J connectivity index is 2.31. The van der Waals surface area contributed by atoms with Crippen LogP contribution in [0, 0.1) is 19.3 Å². The number of aryl methyl sites for hydroxylation is 1. The van der Waals surface area contributed by atoms with E-state index < -0.39 is 0 Å². The van der Waals surface area contributed by atoms with Gasteiger partial charge in [-0.25, -0.2) is 0 Å². The second kappa shape index (κ2) is 7.53. The zero-order valence-corrected chi connectivity index (χ0v) is 13.2. The predicted octanol–water partition coefficient (Wildman–Crippen LogP) is 4.42. The predicted molar refractivity (Wildman–Crippen MR) is 90.8 cm³/mol. The molecule has 0 spiro atoms. The van der Waals surface area contributed by atoms with Gasteiger partial charge in [0.15, 0.2) is 11.5 Å². The summed E-state index contributed by atoms with van der Waals surface area (Å²) in [7, 11) is 1.55. The number of benzene rings is 2. The first-order valence-electron chi connectivity index (χ1n) is 6.69. The van der Waals surface area contributed by atoms with Gasteiger partial charge in [-0.05, 0) is 36.2 Å². The van der Waals surface area contributed by atoms with Gasteiger partial charge >= 0.3 is 0 Å². The van der Waals surface area contributed by atoms with Crippen LogP contribution in [0.1, 0.15) is 11.1 Å². The maximum atomic E-state index is 6.23. The third kappa shape index (κ3) is 3.81. The minimum Gasteiger partial charge on any atom is -0.493 e. The summed E-state index contributed by atoms with van der Waals surface area (Å²) >= 11 is 6.23. The number of para-hydroxylation sites is 1. The van der Waals surface area contributed by atoms with Crippen LogP contribution >= 0.6 is 11.6 Å². The first kappa shape index (κ1) is 15.9. The van der Waals surface area contributed by atoms with Gasteiger partial charge in [-0.15, -0.1) is 6.42 Å². The van der Waals surface area contributed by atoms with Crippen LogP contribution in [0.15, 0.2) is 41.4 Å². The van der Waals surface area contributed by atoms with Gasteiger partial charge in [0.1, 0.15) is 6.61 Å². The number of rotatable bonds is 5. The van der Waals surface area contributed by atoms with Crippen molar-refractivity contribution in [2.45, 2.75) is 6.92 Å². The van der Waals surface area contributed by atoms with Crippen LogP contribution in [0.5, 0.6) is 11.5 Å². The molecular weight excluding hydrogens is 298 g/mol. The van der Waals surface area contributed by atoms with Crippen molar-refractivity contribution in [3.63, 3.8) is 0 Å². The van der Waals surface area contributed by atoms with E-state index in [0.29, 0.717) is 16.5 Å². The highest BCUT2D eigenvalue weighted by atomic mass is 35.5. The number of hydrogen-bond donors (Lipinski definition) is 0. The van der Waals surface area contributed by atoms with E-state index in [2.05, 4.69) is 10.9 Å². The average molecular weight is 314 g/mol. The molecule has 2 aromatic carbocycles. The van der Waals surface area contributed by atoms with Crippen LogP contribution < -0.4 is 9.47 Å². The third-order valence-corrected chi connectivity index (χ3v) is 3.30. The number of ether oxygens (including phenoxy) is 2. The first-order chi connectivity index (χ1) is 10.7. The fraction of sp³-hybridized carbons (Fsp3) is 0.167. The summed E-state index contributed by atoms with van der Waals surface area (Å²) in [6.45, 7) is 2.14. The van der Waals surface area contributed by atoms with Crippen LogP contribution in [0.3, 0.4) is 0 Å². The SMILES string of the molecule is C#CCOc1c(Cl)cc(C=Nc2ccccc2C)cc1OC. The minimum atomic E-state index is 0.132. The molecule has 2 rings (SSSR count). The zero-order chi connectivity index (χ0) is 15.9. The number of methoxy groups -OCH3 is 1. The summed E-state index contributed by atoms with van der Waals surface area (Å²) in [4.78, 5) is 4.47. The van der Waals surface area contributed by atoms with Crippen molar-refractivity contribution in [3.05, 3.63) is 52.5 Å². The first-order valence-corrected chi connectivity index (χ1v) is 7.07. The quantitative estimate of drug-likeness (QED) is 0.604. The number of nitrogens with zero attached hydrogens (tertiary/aromatic N) is 1. The van der Waals surface area contributed by atoms with Crippen molar-refractivity contribution < 1.29 is 9.47 Å². The molecule has 0 aliphatic heterocycles. The smallest absolute Gasteiger partial charge is 0.181 e. The second-order valence-electron chi connectivity index (χ2n) is 4.57. The summed E-state index contributed by atoms with van der Waals surface area (Å²) in [6, 6.07) is 11.5. The third-order valence-electron chi connectivity index (χ3n) is 3.02. The van der Waals surface area contributed by atoms with E-state index in [1.165, 1.54) is 0 Å². The van der Waals surface area contributed by atoms with Gasteiger partial charge in [0.25, 0.3) is 0 Å². The topological polar surface area (TPSA) is 30.8 Å². The molecule has 112 valence electrons. The normalized spacial score (nSPS) is 10.5. The summed E-state index contributed by atoms with van der Waals surface area (Å²) in [6.07, 6.45) is 6.93. The lowest BCUT2D eigenvalue weighted by molar-refractivity contribution is 0.331. The van der Waals surface area contributed by atoms with E-state index in [9.17, 15) is 0 Å². The Labute approximate surface area is 135 Å². The molecule has 0 saturated carbocycles. The van der Waals surface area contributed by atoms with Crippen molar-refractivity contribution in [1.82, 2.24) is 0 Å². The van der Waals surface area contributed by atoms with E-state index in [1.54, 1.807) is 25.5 Å². The van der Waals surface area contributed by atoms with Crippen LogP contribution in [0.4, 0.5) is 5.69 Å². The summed E-state index contributed by atoms with van der Waals surface area (Å²) in [5, 5.41) is 0.431. The van der Waals surface area contributed by atoms with Crippen LogP contribution in [0.25, 0.3) is 0 Å². The zero-order valence-electron chi connectivity index (χ0n) is 12.5. The van der Waals surface area contributed by atoms with Crippen molar-refractivity contribution in [3.8, 4) is 23.8 Å². The highest BCUT2D eigenvalue weighted by Crippen LogP contribution is 2.36. The molecular formula is C18H16ClNO2. The molecule has 0 saturated heterocycles. The number of aliphatic imine (C=N–C) groups is 1. The largest absolute Gasteiger partial charge is 0.493 e. The summed E-state index contributed by atoms with van der Waals surface area (Å²) in [5.74, 6) is 3.36. The Morgan fingerprint density at radius 2 is 2.09 bits per heavy atom. The Morgan fingerprint density at radius 1 is 1.32 bits per heavy atom. The number of hydrogen-bond acceptors (Lipinski definition) is 3. The Morgan fingerprint density at radius 3 is 2.77 bits per heavy atom. The molecule has 2 aromatic rings. The highest BCUT2D eigenvalue weighted by Gasteiger charge is 2.11. The van der Waals surface area contributed by atoms with Gasteiger partial charge in [0, 0.05) is 6.21 Å². The average Bonchev–Trinajstić information content (AvgIpc) is 2.52. The fourth-order valence-corrected chi connectivity index (χ4v) is 2.19. The van der Waals surface area contributed by atoms with E-state index in [0.717, 1.165) is 16.8 Å². The molecule has 0 fully saturated rings. The Bertz CT molecular complexity index is 732. The molecule has 0 N–H and O–H groups in total. The molecule has 4 heteroatoms. The van der Waals surface area contributed by atoms with Gasteiger partial charge in [0.05, 0.1) is 17.8 Å². The molecule has 0 amide bonds. The monoisotopic (exact) mass is 313 g/mol. The summed E-state index contributed by atoms with van der Waals surface area (Å²) in [5.41, 5.74) is 2.83. The standard InChI is InChI=1S/C18H16ClNO2/c1-4-9-22-18-15(19)10-14(11-17(18)21-3)12-20-16-8-6-5-7-13(16)2/h1,5-8,10-12H,9H2,2-3H3. The van der Waals surface area contributed by atoms with E-state index in [4.69, 9.17) is 27.5 Å². The van der Waals surface area contributed by atoms with Gasteiger partial charge < -0.3 is 9.47 Å². The molecule has 3 nitrogen and oxygen atoms in total. The van der Waals surface area contributed by atoms with Gasteiger partial charge in [0.2, 0.25) is 0 Å². The molecule has 0 aromatic heterocycles. The Kier molecular flexibility index (Phi) is 5.46. The van der Waals surface area contributed by atoms with Crippen LogP contribution in [-0.2, 0) is 0 Å². The molecule has 0 aliphatic carbocycles. The lowest BCUT2D eigenvalue weighted by Gasteiger charge is -2.11. The lowest BCUT2D eigenvalue weighted by Crippen LogP contribution is -1.98. The highest BCUT2D eigenvalue weighted by molar-refractivity contribution is 6.32. The van der Waals surface area contributed by atoms with E-state index in [-0.39, 0.29) is 6.61 Å². The van der Waals surface area contributed by atoms with E-state index >= 15 is 0 Å². The lowest BCUT2D eigenvalue weighted by atomic mass is 10.2. The molecule has 0 atom stereocenters. The minimum absolute atomic E-state index is 0.132. The molecule has 0 radical (unpaired) electrons. The maximum absolute atomic E-state index is 6.23. The molecule has 0 aliphatic rings. The van der Waals surface area contributed by atoms with Crippen molar-refractivity contribution in [1.29, 1.82) is 0 Å². The van der Waals surface area contributed by atoms with Gasteiger partial charge in [-0.1, -0.05) is 35.7 Å². The molecule has 22 heavy (non-hydrogen) atoms. The second-order valence-corrected chi connectivity index (χ2v) is 4.98. The van der Waals surface area contributed by atoms with E-state index in [1.807, 2.05) is 31.2 Å². The number of halogens is 1. The molecule has 0 heterocycles. The van der Waals surface area contributed by atoms with Gasteiger partial charge in [-0.3, -0.25) is 4.99 Å². The van der Waals surface area contributed by atoms with Crippen molar-refractivity contribution in [2.24, 2.45) is 4.99 Å². The van der Waals surface area contributed by atoms with Crippen molar-refractivity contribution >= 4 is 23.5 Å². The summed E-state index contributed by atoms with van der Waals surface area (Å²) < 4.78 is 10.7. The van der Waals surface area contributed by atoms with Crippen LogP contribution in [-0.4, -0.2) is 19.9 Å². The Hall–Kier alpha value is -2.44.